The molecule has 58 valence electrons. The van der Waals surface area contributed by atoms with Gasteiger partial charge < -0.3 is 5.73 Å². The molecule has 0 bridgehead atoms. The number of alkyl halides is 1. The van der Waals surface area contributed by atoms with Crippen LogP contribution in [0.1, 0.15) is 20.3 Å². The maximum atomic E-state index is 13.1. The molecule has 0 amide bonds. The molecule has 2 N–H and O–H groups in total. The Balaban J connectivity index is 2.69. The fraction of sp³-hybridized carbons (Fsp3) is 0.750. The van der Waals surface area contributed by atoms with Gasteiger partial charge in [0.15, 0.2) is 0 Å². The molecule has 1 rings (SSSR count). The van der Waals surface area contributed by atoms with Gasteiger partial charge in [0.1, 0.15) is 5.67 Å². The Bertz CT molecular complexity index is 151. The van der Waals surface area contributed by atoms with E-state index in [0.717, 1.165) is 0 Å². The number of rotatable bonds is 0. The van der Waals surface area contributed by atoms with Crippen LogP contribution in [-0.4, -0.2) is 11.7 Å². The minimum absolute atomic E-state index is 0.0139. The smallest absolute Gasteiger partial charge is 0.127 e. The molecule has 0 aromatic carbocycles. The van der Waals surface area contributed by atoms with E-state index in [1.807, 2.05) is 13.0 Å². The van der Waals surface area contributed by atoms with E-state index in [2.05, 4.69) is 0 Å². The summed E-state index contributed by atoms with van der Waals surface area (Å²) in [5.74, 6) is 0.323. The summed E-state index contributed by atoms with van der Waals surface area (Å²) in [6.45, 7) is 3.58. The van der Waals surface area contributed by atoms with Gasteiger partial charge in [-0.25, -0.2) is 4.39 Å². The van der Waals surface area contributed by atoms with Crippen molar-refractivity contribution in [1.29, 1.82) is 0 Å². The molecule has 2 unspecified atom stereocenters. The maximum absolute atomic E-state index is 13.1. The van der Waals surface area contributed by atoms with Crippen molar-refractivity contribution in [2.45, 2.75) is 32.0 Å². The van der Waals surface area contributed by atoms with Gasteiger partial charge in [-0.05, 0) is 12.8 Å². The Morgan fingerprint density at radius 3 is 2.70 bits per heavy atom. The van der Waals surface area contributed by atoms with Gasteiger partial charge in [0, 0.05) is 12.5 Å². The molecule has 0 aromatic heterocycles. The summed E-state index contributed by atoms with van der Waals surface area (Å²) in [4.78, 5) is 0. The third kappa shape index (κ3) is 1.57. The third-order valence-electron chi connectivity index (χ3n) is 2.06. The lowest BCUT2D eigenvalue weighted by molar-refractivity contribution is 0.200. The lowest BCUT2D eigenvalue weighted by atomic mass is 9.85. The molecule has 2 heteroatoms. The number of hydrogen-bond donors (Lipinski definition) is 1. The van der Waals surface area contributed by atoms with Gasteiger partial charge in [-0.3, -0.25) is 0 Å². The van der Waals surface area contributed by atoms with Gasteiger partial charge in [-0.2, -0.15) is 0 Å². The predicted molar refractivity (Wildman–Crippen MR) is 40.4 cm³/mol. The van der Waals surface area contributed by atoms with Gasteiger partial charge in [-0.15, -0.1) is 0 Å². The number of halogens is 1. The van der Waals surface area contributed by atoms with E-state index in [1.54, 1.807) is 13.0 Å². The van der Waals surface area contributed by atoms with Crippen LogP contribution in [0.2, 0.25) is 0 Å². The zero-order chi connectivity index (χ0) is 7.78. The van der Waals surface area contributed by atoms with E-state index >= 15 is 0 Å². The van der Waals surface area contributed by atoms with Crippen molar-refractivity contribution < 1.29 is 4.39 Å². The van der Waals surface area contributed by atoms with E-state index < -0.39 is 5.67 Å². The highest BCUT2D eigenvalue weighted by atomic mass is 19.1. The second kappa shape index (κ2) is 2.35. The number of hydrogen-bond acceptors (Lipinski definition) is 1. The molecule has 0 heterocycles. The lowest BCUT2D eigenvalue weighted by Crippen LogP contribution is -2.37. The van der Waals surface area contributed by atoms with Crippen molar-refractivity contribution in [1.82, 2.24) is 0 Å². The Morgan fingerprint density at radius 1 is 1.70 bits per heavy atom. The van der Waals surface area contributed by atoms with E-state index in [9.17, 15) is 4.39 Å². The van der Waals surface area contributed by atoms with Crippen LogP contribution in [0.5, 0.6) is 0 Å². The quantitative estimate of drug-likeness (QED) is 0.512. The van der Waals surface area contributed by atoms with Crippen LogP contribution in [0.25, 0.3) is 0 Å². The first kappa shape index (κ1) is 7.73. The fourth-order valence-electron chi connectivity index (χ4n) is 1.21. The Labute approximate surface area is 61.1 Å². The summed E-state index contributed by atoms with van der Waals surface area (Å²) in [7, 11) is 0. The summed E-state index contributed by atoms with van der Waals surface area (Å²) in [6, 6.07) is -0.0139. The first-order chi connectivity index (χ1) is 4.51. The summed E-state index contributed by atoms with van der Waals surface area (Å²) < 4.78 is 13.1. The van der Waals surface area contributed by atoms with Gasteiger partial charge in [0.2, 0.25) is 0 Å². The average Bonchev–Trinajstić information content (AvgIpc) is 1.79. The fourth-order valence-corrected chi connectivity index (χ4v) is 1.21. The van der Waals surface area contributed by atoms with Crippen LogP contribution in [0, 0.1) is 5.92 Å². The normalized spacial score (nSPS) is 47.6. The van der Waals surface area contributed by atoms with E-state index in [4.69, 9.17) is 5.73 Å². The number of nitrogens with two attached hydrogens (primary N) is 1. The van der Waals surface area contributed by atoms with Gasteiger partial charge in [0.05, 0.1) is 0 Å². The SMILES string of the molecule is C[C@@H]1C=CC(C)(F)CC1N. The zero-order valence-electron chi connectivity index (χ0n) is 6.47. The van der Waals surface area contributed by atoms with Crippen molar-refractivity contribution >= 4 is 0 Å². The summed E-state index contributed by atoms with van der Waals surface area (Å²) in [6.07, 6.45) is 3.92. The monoisotopic (exact) mass is 143 g/mol. The second-order valence-electron chi connectivity index (χ2n) is 3.36. The topological polar surface area (TPSA) is 26.0 Å². The maximum Gasteiger partial charge on any atom is 0.127 e. The van der Waals surface area contributed by atoms with Crippen LogP contribution in [-0.2, 0) is 0 Å². The van der Waals surface area contributed by atoms with E-state index in [-0.39, 0.29) is 6.04 Å². The molecule has 0 spiro atoms. The van der Waals surface area contributed by atoms with Crippen LogP contribution in [0.15, 0.2) is 12.2 Å². The van der Waals surface area contributed by atoms with Crippen LogP contribution in [0.4, 0.5) is 4.39 Å². The standard InChI is InChI=1S/C8H14FN/c1-6-3-4-8(2,9)5-7(6)10/h3-4,6-7H,5,10H2,1-2H3/t6-,7?,8?/m1/s1. The molecule has 0 saturated heterocycles. The largest absolute Gasteiger partial charge is 0.327 e. The van der Waals surface area contributed by atoms with Crippen molar-refractivity contribution in [3.63, 3.8) is 0 Å². The average molecular weight is 143 g/mol. The van der Waals surface area contributed by atoms with Crippen LogP contribution >= 0.6 is 0 Å². The molecule has 1 aliphatic carbocycles. The highest BCUT2D eigenvalue weighted by molar-refractivity contribution is 5.09. The van der Waals surface area contributed by atoms with Gasteiger partial charge in [0.25, 0.3) is 0 Å². The minimum Gasteiger partial charge on any atom is -0.327 e. The molecule has 0 fully saturated rings. The number of allylic oxidation sites excluding steroid dienone is 1. The lowest BCUT2D eigenvalue weighted by Gasteiger charge is -2.28. The molecule has 3 atom stereocenters. The summed E-state index contributed by atoms with van der Waals surface area (Å²) in [5.41, 5.74) is 4.49. The molecule has 1 nitrogen and oxygen atoms in total. The van der Waals surface area contributed by atoms with Crippen molar-refractivity contribution in [3.8, 4) is 0 Å². The molecular formula is C8H14FN. The highest BCUT2D eigenvalue weighted by Crippen LogP contribution is 2.27. The first-order valence-electron chi connectivity index (χ1n) is 3.65. The third-order valence-corrected chi connectivity index (χ3v) is 2.06. The van der Waals surface area contributed by atoms with E-state index in [0.29, 0.717) is 12.3 Å². The molecular weight excluding hydrogens is 129 g/mol. The predicted octanol–water partition coefficient (Wildman–Crippen LogP) is 1.64. The van der Waals surface area contributed by atoms with E-state index in [1.165, 1.54) is 0 Å². The Hall–Kier alpha value is -0.370. The van der Waals surface area contributed by atoms with Crippen molar-refractivity contribution in [2.24, 2.45) is 11.7 Å². The zero-order valence-corrected chi connectivity index (χ0v) is 6.47. The van der Waals surface area contributed by atoms with Crippen LogP contribution in [0.3, 0.4) is 0 Å². The van der Waals surface area contributed by atoms with Crippen molar-refractivity contribution in [3.05, 3.63) is 12.2 Å². The Kier molecular flexibility index (Phi) is 1.82. The van der Waals surface area contributed by atoms with Crippen LogP contribution < -0.4 is 5.73 Å². The molecule has 0 aromatic rings. The molecule has 0 saturated carbocycles. The molecule has 0 aliphatic heterocycles. The summed E-state index contributed by atoms with van der Waals surface area (Å²) >= 11 is 0. The molecule has 0 radical (unpaired) electrons. The molecule has 10 heavy (non-hydrogen) atoms. The van der Waals surface area contributed by atoms with Crippen molar-refractivity contribution in [2.75, 3.05) is 0 Å². The Morgan fingerprint density at radius 2 is 2.30 bits per heavy atom. The molecule has 1 aliphatic rings. The van der Waals surface area contributed by atoms with Gasteiger partial charge >= 0.3 is 0 Å². The minimum atomic E-state index is -1.17. The van der Waals surface area contributed by atoms with Gasteiger partial charge in [-0.1, -0.05) is 19.1 Å². The summed E-state index contributed by atoms with van der Waals surface area (Å²) in [5, 5.41) is 0. The highest BCUT2D eigenvalue weighted by Gasteiger charge is 2.29. The first-order valence-corrected chi connectivity index (χ1v) is 3.65. The second-order valence-corrected chi connectivity index (χ2v) is 3.36.